The van der Waals surface area contributed by atoms with E-state index in [2.05, 4.69) is 26.0 Å². The molecule has 1 aliphatic rings. The molecule has 0 aliphatic carbocycles. The number of furan rings is 1. The summed E-state index contributed by atoms with van der Waals surface area (Å²) in [6, 6.07) is 9.54. The summed E-state index contributed by atoms with van der Waals surface area (Å²) in [5.74, 6) is 1.72. The Hall–Kier alpha value is -2.76. The molecule has 156 valence electrons. The van der Waals surface area contributed by atoms with Crippen molar-refractivity contribution in [1.29, 1.82) is 0 Å². The molecular formula is C23H30N2O4. The Kier molecular flexibility index (Phi) is 6.62. The predicted molar refractivity (Wildman–Crippen MR) is 111 cm³/mol. The third-order valence-electron chi connectivity index (χ3n) is 5.70. The molecule has 1 atom stereocenters. The molecular weight excluding hydrogens is 368 g/mol. The van der Waals surface area contributed by atoms with E-state index in [1.54, 1.807) is 24.1 Å². The Labute approximate surface area is 172 Å². The maximum atomic E-state index is 13.0. The highest BCUT2D eigenvalue weighted by atomic mass is 16.5. The highest BCUT2D eigenvalue weighted by molar-refractivity contribution is 5.91. The predicted octanol–water partition coefficient (Wildman–Crippen LogP) is 3.71. The van der Waals surface area contributed by atoms with Gasteiger partial charge in [0, 0.05) is 32.6 Å². The van der Waals surface area contributed by atoms with E-state index < -0.39 is 0 Å². The number of aryl methyl sites for hydroxylation is 1. The second-order valence-corrected chi connectivity index (χ2v) is 7.93. The number of hydrogen-bond donors (Lipinski definition) is 0. The molecule has 0 N–H and O–H groups in total. The maximum absolute atomic E-state index is 13.0. The summed E-state index contributed by atoms with van der Waals surface area (Å²) in [7, 11) is 1.67. The van der Waals surface area contributed by atoms with Gasteiger partial charge in [-0.3, -0.25) is 9.59 Å². The summed E-state index contributed by atoms with van der Waals surface area (Å²) in [5, 5.41) is 0. The third kappa shape index (κ3) is 4.81. The van der Waals surface area contributed by atoms with Crippen LogP contribution >= 0.6 is 0 Å². The quantitative estimate of drug-likeness (QED) is 0.744. The summed E-state index contributed by atoms with van der Waals surface area (Å²) in [5.41, 5.74) is 2.24. The third-order valence-corrected chi connectivity index (χ3v) is 5.70. The van der Waals surface area contributed by atoms with Gasteiger partial charge in [0.25, 0.3) is 5.91 Å². The molecule has 2 heterocycles. The molecule has 1 saturated heterocycles. The minimum atomic E-state index is -0.115. The fraction of sp³-hybridized carbons (Fsp3) is 0.478. The molecule has 0 spiro atoms. The molecule has 6 nitrogen and oxygen atoms in total. The lowest BCUT2D eigenvalue weighted by molar-refractivity contribution is -0.133. The molecule has 6 heteroatoms. The number of ether oxygens (including phenoxy) is 1. The van der Waals surface area contributed by atoms with Gasteiger partial charge in [0.15, 0.2) is 5.76 Å². The topological polar surface area (TPSA) is 63.0 Å². The summed E-state index contributed by atoms with van der Waals surface area (Å²) in [6.07, 6.45) is 1.97. The van der Waals surface area contributed by atoms with E-state index in [0.29, 0.717) is 44.3 Å². The lowest BCUT2D eigenvalue weighted by atomic mass is 9.84. The van der Waals surface area contributed by atoms with Crippen molar-refractivity contribution in [2.45, 2.75) is 33.1 Å². The van der Waals surface area contributed by atoms with Crippen LogP contribution in [0.15, 0.2) is 41.0 Å². The van der Waals surface area contributed by atoms with Crippen LogP contribution in [0.3, 0.4) is 0 Å². The summed E-state index contributed by atoms with van der Waals surface area (Å²) in [6.45, 7) is 8.49. The number of methoxy groups -OCH3 is 1. The highest BCUT2D eigenvalue weighted by Gasteiger charge is 2.28. The van der Waals surface area contributed by atoms with E-state index in [4.69, 9.17) is 9.15 Å². The molecule has 2 aromatic rings. The summed E-state index contributed by atoms with van der Waals surface area (Å²) in [4.78, 5) is 29.0. The van der Waals surface area contributed by atoms with Gasteiger partial charge in [-0.05, 0) is 48.1 Å². The molecule has 0 bridgehead atoms. The Morgan fingerprint density at radius 1 is 1.10 bits per heavy atom. The van der Waals surface area contributed by atoms with Crippen molar-refractivity contribution < 1.29 is 18.7 Å². The summed E-state index contributed by atoms with van der Waals surface area (Å²) < 4.78 is 10.6. The maximum Gasteiger partial charge on any atom is 0.289 e. The van der Waals surface area contributed by atoms with Gasteiger partial charge in [0.05, 0.1) is 13.4 Å². The van der Waals surface area contributed by atoms with Crippen LogP contribution < -0.4 is 4.74 Å². The molecule has 29 heavy (non-hydrogen) atoms. The minimum absolute atomic E-state index is 0.115. The molecule has 0 radical (unpaired) electrons. The second kappa shape index (κ2) is 9.16. The molecule has 3 rings (SSSR count). The van der Waals surface area contributed by atoms with E-state index in [0.717, 1.165) is 11.3 Å². The first-order valence-corrected chi connectivity index (χ1v) is 10.2. The van der Waals surface area contributed by atoms with Gasteiger partial charge in [-0.15, -0.1) is 0 Å². The SMILES string of the molecule is COc1ccc(C(CC(=O)N2CCN(C(=O)c3ccco3)CC2)C(C)C)cc1C. The van der Waals surface area contributed by atoms with E-state index in [1.165, 1.54) is 11.8 Å². The number of rotatable bonds is 6. The average molecular weight is 399 g/mol. The van der Waals surface area contributed by atoms with Crippen molar-refractivity contribution >= 4 is 11.8 Å². The standard InChI is InChI=1S/C23H30N2O4/c1-16(2)19(18-7-8-20(28-4)17(3)14-18)15-22(26)24-9-11-25(12-10-24)23(27)21-6-5-13-29-21/h5-8,13-14,16,19H,9-12,15H2,1-4H3. The Balaban J connectivity index is 1.61. The molecule has 0 saturated carbocycles. The van der Waals surface area contributed by atoms with Crippen molar-refractivity contribution in [2.75, 3.05) is 33.3 Å². The number of piperazine rings is 1. The van der Waals surface area contributed by atoms with Crippen LogP contribution in [0.1, 0.15) is 47.9 Å². The van der Waals surface area contributed by atoms with Gasteiger partial charge in [0.1, 0.15) is 5.75 Å². The first-order chi connectivity index (χ1) is 13.9. The first kappa shape index (κ1) is 21.0. The van der Waals surface area contributed by atoms with Crippen LogP contribution in [0.2, 0.25) is 0 Å². The van der Waals surface area contributed by atoms with E-state index >= 15 is 0 Å². The number of benzene rings is 1. The van der Waals surface area contributed by atoms with Crippen LogP contribution in [0.4, 0.5) is 0 Å². The van der Waals surface area contributed by atoms with Crippen LogP contribution in [0.25, 0.3) is 0 Å². The van der Waals surface area contributed by atoms with Gasteiger partial charge in [0.2, 0.25) is 5.91 Å². The Morgan fingerprint density at radius 2 is 1.79 bits per heavy atom. The molecule has 1 fully saturated rings. The van der Waals surface area contributed by atoms with Crippen molar-refractivity contribution in [3.05, 3.63) is 53.5 Å². The second-order valence-electron chi connectivity index (χ2n) is 7.93. The Morgan fingerprint density at radius 3 is 2.34 bits per heavy atom. The van der Waals surface area contributed by atoms with Crippen molar-refractivity contribution in [3.8, 4) is 5.75 Å². The monoisotopic (exact) mass is 398 g/mol. The van der Waals surface area contributed by atoms with Gasteiger partial charge < -0.3 is 19.0 Å². The fourth-order valence-electron chi connectivity index (χ4n) is 3.90. The van der Waals surface area contributed by atoms with E-state index in [9.17, 15) is 9.59 Å². The van der Waals surface area contributed by atoms with Crippen molar-refractivity contribution in [3.63, 3.8) is 0 Å². The summed E-state index contributed by atoms with van der Waals surface area (Å²) >= 11 is 0. The zero-order valence-corrected chi connectivity index (χ0v) is 17.7. The van der Waals surface area contributed by atoms with Crippen LogP contribution in [-0.2, 0) is 4.79 Å². The Bertz CT molecular complexity index is 837. The van der Waals surface area contributed by atoms with E-state index in [1.807, 2.05) is 17.9 Å². The van der Waals surface area contributed by atoms with Crippen molar-refractivity contribution in [1.82, 2.24) is 9.80 Å². The number of nitrogens with zero attached hydrogens (tertiary/aromatic N) is 2. The highest BCUT2D eigenvalue weighted by Crippen LogP contribution is 2.32. The average Bonchev–Trinajstić information content (AvgIpc) is 3.26. The van der Waals surface area contributed by atoms with Gasteiger partial charge in [-0.25, -0.2) is 0 Å². The number of carbonyl (C=O) groups excluding carboxylic acids is 2. The fourth-order valence-corrected chi connectivity index (χ4v) is 3.90. The minimum Gasteiger partial charge on any atom is -0.496 e. The molecule has 1 unspecified atom stereocenters. The van der Waals surface area contributed by atoms with Crippen LogP contribution in [0.5, 0.6) is 5.75 Å². The van der Waals surface area contributed by atoms with Gasteiger partial charge >= 0.3 is 0 Å². The van der Waals surface area contributed by atoms with Crippen LogP contribution in [-0.4, -0.2) is 54.9 Å². The zero-order chi connectivity index (χ0) is 21.0. The lowest BCUT2D eigenvalue weighted by Crippen LogP contribution is -2.50. The van der Waals surface area contributed by atoms with Gasteiger partial charge in [-0.1, -0.05) is 26.0 Å². The lowest BCUT2D eigenvalue weighted by Gasteiger charge is -2.35. The number of carbonyl (C=O) groups is 2. The normalized spacial score (nSPS) is 15.5. The van der Waals surface area contributed by atoms with Crippen molar-refractivity contribution in [2.24, 2.45) is 5.92 Å². The van der Waals surface area contributed by atoms with Gasteiger partial charge in [-0.2, -0.15) is 0 Å². The van der Waals surface area contributed by atoms with E-state index in [-0.39, 0.29) is 17.7 Å². The largest absolute Gasteiger partial charge is 0.496 e. The molecule has 1 aromatic heterocycles. The molecule has 2 amide bonds. The van der Waals surface area contributed by atoms with Crippen LogP contribution in [0, 0.1) is 12.8 Å². The zero-order valence-electron chi connectivity index (χ0n) is 17.7. The molecule has 1 aromatic carbocycles. The number of hydrogen-bond acceptors (Lipinski definition) is 4. The number of amides is 2. The smallest absolute Gasteiger partial charge is 0.289 e. The molecule has 1 aliphatic heterocycles. The first-order valence-electron chi connectivity index (χ1n) is 10.2.